The van der Waals surface area contributed by atoms with Crippen molar-refractivity contribution in [2.45, 2.75) is 52.6 Å². The number of carboxylic acids is 1. The van der Waals surface area contributed by atoms with E-state index in [9.17, 15) is 9.59 Å². The summed E-state index contributed by atoms with van der Waals surface area (Å²) in [7, 11) is 0. The summed E-state index contributed by atoms with van der Waals surface area (Å²) in [5, 5.41) is 11.5. The van der Waals surface area contributed by atoms with Crippen molar-refractivity contribution in [3.05, 3.63) is 0 Å². The second-order valence-electron chi connectivity index (χ2n) is 5.21. The van der Waals surface area contributed by atoms with Crippen molar-refractivity contribution in [1.82, 2.24) is 5.32 Å². The highest BCUT2D eigenvalue weighted by Gasteiger charge is 2.24. The first-order chi connectivity index (χ1) is 8.27. The fraction of sp³-hybridized carbons (Fsp3) is 0.833. The fourth-order valence-electron chi connectivity index (χ4n) is 1.54. The second-order valence-corrected chi connectivity index (χ2v) is 5.21. The molecular weight excluding hydrogens is 220 g/mol. The quantitative estimate of drug-likeness (QED) is 0.594. The molecule has 0 aromatic rings. The van der Waals surface area contributed by atoms with E-state index >= 15 is 0 Å². The molecule has 100 valence electrons. The van der Waals surface area contributed by atoms with Gasteiger partial charge in [0.1, 0.15) is 7.45 Å². The lowest BCUT2D eigenvalue weighted by molar-refractivity contribution is -0.142. The predicted molar refractivity (Wildman–Crippen MR) is 66.5 cm³/mol. The predicted octanol–water partition coefficient (Wildman–Crippen LogP) is 0.975. The molecule has 5 heteroatoms. The van der Waals surface area contributed by atoms with Crippen molar-refractivity contribution in [3.8, 4) is 0 Å². The Kier molecular flexibility index (Phi) is 5.97. The number of hydrogen-bond donors (Lipinski definition) is 3. The number of aliphatic carboxylic acids is 1. The molecule has 1 amide bonds. The fourth-order valence-corrected chi connectivity index (χ4v) is 1.54. The molecule has 4 N–H and O–H groups in total. The third-order valence-electron chi connectivity index (χ3n) is 2.35. The molecule has 0 bridgehead atoms. The number of nitrogens with two attached hydrogens (primary N) is 1. The molecule has 2 atom stereocenters. The molecule has 0 unspecified atom stereocenters. The summed E-state index contributed by atoms with van der Waals surface area (Å²) in [5.41, 5.74) is 2.18. The SMILES string of the molecule is [2H]N[C@H](CC(C)C)C(=O)N[C@@H](CC(C)C)C(=O)O. The lowest BCUT2D eigenvalue weighted by Crippen LogP contribution is -2.49. The topological polar surface area (TPSA) is 92.4 Å². The molecule has 0 aliphatic heterocycles. The highest BCUT2D eigenvalue weighted by molar-refractivity contribution is 5.86. The van der Waals surface area contributed by atoms with E-state index in [1.54, 1.807) is 0 Å². The Morgan fingerprint density at radius 2 is 1.76 bits per heavy atom. The minimum absolute atomic E-state index is 0.180. The van der Waals surface area contributed by atoms with E-state index in [2.05, 4.69) is 11.0 Å². The maximum Gasteiger partial charge on any atom is 0.326 e. The first kappa shape index (κ1) is 14.0. The summed E-state index contributed by atoms with van der Waals surface area (Å²) in [4.78, 5) is 22.9. The van der Waals surface area contributed by atoms with Crippen molar-refractivity contribution < 1.29 is 16.1 Å². The first-order valence-electron chi connectivity index (χ1n) is 6.48. The molecule has 5 nitrogen and oxygen atoms in total. The monoisotopic (exact) mass is 245 g/mol. The van der Waals surface area contributed by atoms with Crippen LogP contribution < -0.4 is 11.0 Å². The van der Waals surface area contributed by atoms with E-state index in [0.29, 0.717) is 12.8 Å². The van der Waals surface area contributed by atoms with E-state index in [1.807, 2.05) is 27.7 Å². The van der Waals surface area contributed by atoms with Crippen LogP contribution in [-0.2, 0) is 9.59 Å². The molecule has 0 aliphatic carbocycles. The Bertz CT molecular complexity index is 282. The maximum atomic E-state index is 11.8. The highest BCUT2D eigenvalue weighted by Crippen LogP contribution is 2.07. The standard InChI is InChI=1S/C12H24N2O3/c1-7(2)5-9(13)11(15)14-10(12(16)17)6-8(3)4/h7-10H,5-6,13H2,1-4H3,(H,14,15)(H,16,17)/t9-,10+/m1/s1/i/hD. The minimum Gasteiger partial charge on any atom is -0.480 e. The summed E-state index contributed by atoms with van der Waals surface area (Å²) < 4.78 is 7.12. The van der Waals surface area contributed by atoms with Crippen molar-refractivity contribution >= 4 is 11.9 Å². The number of rotatable bonds is 8. The molecule has 0 saturated carbocycles. The van der Waals surface area contributed by atoms with Crippen LogP contribution in [0.5, 0.6) is 0 Å². The number of nitrogens with one attached hydrogen (secondary N) is 1. The number of carboxylic acid groups (broad SMARTS) is 1. The van der Waals surface area contributed by atoms with Crippen molar-refractivity contribution in [3.63, 3.8) is 0 Å². The smallest absolute Gasteiger partial charge is 0.326 e. The Hall–Kier alpha value is -1.10. The lowest BCUT2D eigenvalue weighted by Gasteiger charge is -2.20. The molecule has 0 saturated heterocycles. The van der Waals surface area contributed by atoms with Crippen molar-refractivity contribution in [2.24, 2.45) is 17.6 Å². The van der Waals surface area contributed by atoms with Gasteiger partial charge in [0.25, 0.3) is 0 Å². The molecule has 0 fully saturated rings. The van der Waals surface area contributed by atoms with Crippen LogP contribution >= 0.6 is 0 Å². The zero-order valence-electron chi connectivity index (χ0n) is 12.0. The molecule has 0 spiro atoms. The van der Waals surface area contributed by atoms with Crippen LogP contribution in [0.25, 0.3) is 0 Å². The Balaban J connectivity index is 4.51. The van der Waals surface area contributed by atoms with Crippen LogP contribution in [0.4, 0.5) is 0 Å². The van der Waals surface area contributed by atoms with E-state index in [1.165, 1.54) is 0 Å². The summed E-state index contributed by atoms with van der Waals surface area (Å²) in [5.74, 6) is -1.03. The first-order valence-corrected chi connectivity index (χ1v) is 5.98. The average Bonchev–Trinajstić information content (AvgIpc) is 2.23. The van der Waals surface area contributed by atoms with Gasteiger partial charge in [0.05, 0.1) is 6.04 Å². The molecule has 0 radical (unpaired) electrons. The van der Waals surface area contributed by atoms with Gasteiger partial charge < -0.3 is 16.2 Å². The van der Waals surface area contributed by atoms with Gasteiger partial charge in [-0.15, -0.1) is 0 Å². The van der Waals surface area contributed by atoms with Gasteiger partial charge in [-0.1, -0.05) is 27.7 Å². The van der Waals surface area contributed by atoms with E-state index in [0.717, 1.165) is 0 Å². The van der Waals surface area contributed by atoms with Gasteiger partial charge in [0.15, 0.2) is 0 Å². The molecule has 0 heterocycles. The van der Waals surface area contributed by atoms with E-state index in [4.69, 9.17) is 6.52 Å². The van der Waals surface area contributed by atoms with Gasteiger partial charge in [-0.05, 0) is 24.7 Å². The molecule has 0 aliphatic rings. The van der Waals surface area contributed by atoms with Crippen LogP contribution in [0.1, 0.15) is 40.5 Å². The third kappa shape index (κ3) is 6.94. The van der Waals surface area contributed by atoms with E-state index in [-0.39, 0.29) is 11.8 Å². The normalized spacial score (nSPS) is 15.5. The zero-order valence-corrected chi connectivity index (χ0v) is 11.0. The number of amides is 1. The molecule has 0 rings (SSSR count). The van der Waals surface area contributed by atoms with E-state index < -0.39 is 24.0 Å². The average molecular weight is 245 g/mol. The van der Waals surface area contributed by atoms with Gasteiger partial charge in [0.2, 0.25) is 5.91 Å². The third-order valence-corrected chi connectivity index (χ3v) is 2.35. The highest BCUT2D eigenvalue weighted by atomic mass is 16.4. The largest absolute Gasteiger partial charge is 0.480 e. The van der Waals surface area contributed by atoms with Crippen LogP contribution in [-0.4, -0.2) is 29.1 Å². The van der Waals surface area contributed by atoms with Gasteiger partial charge in [-0.2, -0.15) is 0 Å². The minimum atomic E-state index is -1.04. The van der Waals surface area contributed by atoms with Crippen LogP contribution in [0.3, 0.4) is 0 Å². The molecule has 0 aromatic heterocycles. The number of hydrogen-bond acceptors (Lipinski definition) is 3. The van der Waals surface area contributed by atoms with Gasteiger partial charge in [0, 0.05) is 0 Å². The summed E-state index contributed by atoms with van der Waals surface area (Å²) in [6.07, 6.45) is 0.886. The van der Waals surface area contributed by atoms with Crippen LogP contribution in [0.2, 0.25) is 1.41 Å². The van der Waals surface area contributed by atoms with Gasteiger partial charge in [-0.3, -0.25) is 4.79 Å². The summed E-state index contributed by atoms with van der Waals surface area (Å²) >= 11 is 0. The number of carbonyl (C=O) groups is 2. The second kappa shape index (κ2) is 7.27. The summed E-state index contributed by atoms with van der Waals surface area (Å²) in [6, 6.07) is -1.56. The summed E-state index contributed by atoms with van der Waals surface area (Å²) in [6.45, 7) is 7.69. The zero-order chi connectivity index (χ0) is 14.3. The lowest BCUT2D eigenvalue weighted by atomic mass is 10.0. The van der Waals surface area contributed by atoms with Crippen LogP contribution in [0, 0.1) is 11.8 Å². The molecular formula is C12H24N2O3. The van der Waals surface area contributed by atoms with Crippen LogP contribution in [0.15, 0.2) is 0 Å². The number of carbonyl (C=O) groups excluding carboxylic acids is 1. The van der Waals surface area contributed by atoms with Gasteiger partial charge in [-0.25, -0.2) is 4.79 Å². The molecule has 0 aromatic carbocycles. The Labute approximate surface area is 104 Å². The molecule has 17 heavy (non-hydrogen) atoms. The maximum absolute atomic E-state index is 11.8. The van der Waals surface area contributed by atoms with Crippen molar-refractivity contribution in [2.75, 3.05) is 0 Å². The Morgan fingerprint density at radius 1 is 1.24 bits per heavy atom. The Morgan fingerprint density at radius 3 is 2.12 bits per heavy atom. The van der Waals surface area contributed by atoms with Crippen molar-refractivity contribution in [1.29, 1.82) is 0 Å². The van der Waals surface area contributed by atoms with Gasteiger partial charge >= 0.3 is 5.97 Å².